The Morgan fingerprint density at radius 3 is 2.62 bits per heavy atom. The summed E-state index contributed by atoms with van der Waals surface area (Å²) in [4.78, 5) is 11.7. The van der Waals surface area contributed by atoms with Crippen molar-refractivity contribution in [3.05, 3.63) is 23.8 Å². The first kappa shape index (κ1) is 17.3. The average molecular weight is 296 g/mol. The van der Waals surface area contributed by atoms with E-state index in [9.17, 15) is 4.79 Å². The molecule has 21 heavy (non-hydrogen) atoms. The topological polar surface area (TPSA) is 93.8 Å². The molecule has 1 aromatic rings. The van der Waals surface area contributed by atoms with E-state index in [-0.39, 0.29) is 12.6 Å². The van der Waals surface area contributed by atoms with E-state index < -0.39 is 11.7 Å². The van der Waals surface area contributed by atoms with E-state index in [4.69, 9.17) is 20.3 Å². The second kappa shape index (κ2) is 7.28. The van der Waals surface area contributed by atoms with Gasteiger partial charge in [-0.1, -0.05) is 6.07 Å². The third kappa shape index (κ3) is 6.01. The highest BCUT2D eigenvalue weighted by Gasteiger charge is 2.17. The van der Waals surface area contributed by atoms with Crippen molar-refractivity contribution in [2.45, 2.75) is 38.8 Å². The standard InChI is InChI=1S/C15H24N2O4/c1-15(2,3)21-14(19)17-12-6-5-10(7-11(16)9-18)13(8-12)20-4/h5-6,8,11,18H,7,9,16H2,1-4H3,(H,17,19). The van der Waals surface area contributed by atoms with Gasteiger partial charge in [-0.05, 0) is 38.8 Å². The number of aliphatic hydroxyl groups is 1. The van der Waals surface area contributed by atoms with E-state index in [1.165, 1.54) is 0 Å². The molecule has 118 valence electrons. The van der Waals surface area contributed by atoms with Gasteiger partial charge in [0.15, 0.2) is 0 Å². The van der Waals surface area contributed by atoms with Crippen molar-refractivity contribution in [3.8, 4) is 5.75 Å². The maximum absolute atomic E-state index is 11.7. The quantitative estimate of drug-likeness (QED) is 0.771. The molecule has 1 amide bonds. The third-order valence-electron chi connectivity index (χ3n) is 2.65. The average Bonchev–Trinajstić information content (AvgIpc) is 2.38. The van der Waals surface area contributed by atoms with E-state index in [2.05, 4.69) is 5.32 Å². The molecule has 0 heterocycles. The number of carbonyl (C=O) groups excluding carboxylic acids is 1. The molecule has 0 aliphatic heterocycles. The number of nitrogens with one attached hydrogen (secondary N) is 1. The number of ether oxygens (including phenoxy) is 2. The summed E-state index contributed by atoms with van der Waals surface area (Å²) >= 11 is 0. The lowest BCUT2D eigenvalue weighted by atomic mass is 10.1. The molecule has 0 aliphatic carbocycles. The number of rotatable bonds is 5. The molecule has 6 nitrogen and oxygen atoms in total. The van der Waals surface area contributed by atoms with Gasteiger partial charge in [-0.25, -0.2) is 4.79 Å². The molecule has 1 rings (SSSR count). The lowest BCUT2D eigenvalue weighted by Crippen LogP contribution is -2.27. The molecule has 1 aromatic carbocycles. The molecule has 4 N–H and O–H groups in total. The summed E-state index contributed by atoms with van der Waals surface area (Å²) in [5.41, 5.74) is 6.61. The van der Waals surface area contributed by atoms with Crippen molar-refractivity contribution in [1.29, 1.82) is 0 Å². The minimum Gasteiger partial charge on any atom is -0.496 e. The Morgan fingerprint density at radius 1 is 1.43 bits per heavy atom. The van der Waals surface area contributed by atoms with Gasteiger partial charge in [0.25, 0.3) is 0 Å². The van der Waals surface area contributed by atoms with Gasteiger partial charge in [0, 0.05) is 17.8 Å². The summed E-state index contributed by atoms with van der Waals surface area (Å²) < 4.78 is 10.5. The second-order valence-corrected chi connectivity index (χ2v) is 5.80. The van der Waals surface area contributed by atoms with Crippen molar-refractivity contribution in [1.82, 2.24) is 0 Å². The summed E-state index contributed by atoms with van der Waals surface area (Å²) in [5.74, 6) is 0.604. The minimum absolute atomic E-state index is 0.0962. The molecule has 1 unspecified atom stereocenters. The van der Waals surface area contributed by atoms with Crippen LogP contribution in [-0.2, 0) is 11.2 Å². The first-order chi connectivity index (χ1) is 9.75. The van der Waals surface area contributed by atoms with Gasteiger partial charge in [-0.15, -0.1) is 0 Å². The van der Waals surface area contributed by atoms with Crippen molar-refractivity contribution < 1.29 is 19.4 Å². The van der Waals surface area contributed by atoms with Gasteiger partial charge in [-0.3, -0.25) is 5.32 Å². The zero-order valence-electron chi connectivity index (χ0n) is 13.0. The number of anilines is 1. The summed E-state index contributed by atoms with van der Waals surface area (Å²) in [7, 11) is 1.54. The van der Waals surface area contributed by atoms with Crippen LogP contribution in [0, 0.1) is 0 Å². The Bertz CT molecular complexity index is 483. The van der Waals surface area contributed by atoms with Crippen molar-refractivity contribution in [2.75, 3.05) is 19.0 Å². The Kier molecular flexibility index (Phi) is 5.99. The fraction of sp³-hybridized carbons (Fsp3) is 0.533. The van der Waals surface area contributed by atoms with Gasteiger partial charge >= 0.3 is 6.09 Å². The molecule has 0 bridgehead atoms. The molecule has 0 aromatic heterocycles. The monoisotopic (exact) mass is 296 g/mol. The Hall–Kier alpha value is -1.79. The van der Waals surface area contributed by atoms with Crippen LogP contribution in [0.15, 0.2) is 18.2 Å². The molecule has 0 fully saturated rings. The molecular weight excluding hydrogens is 272 g/mol. The molecule has 1 atom stereocenters. The number of hydrogen-bond donors (Lipinski definition) is 3. The van der Waals surface area contributed by atoms with E-state index in [1.54, 1.807) is 46.1 Å². The molecular formula is C15H24N2O4. The maximum Gasteiger partial charge on any atom is 0.412 e. The van der Waals surface area contributed by atoms with Gasteiger partial charge in [0.05, 0.1) is 13.7 Å². The summed E-state index contributed by atoms with van der Waals surface area (Å²) in [6, 6.07) is 4.90. The molecule has 0 saturated carbocycles. The van der Waals surface area contributed by atoms with Crippen LogP contribution in [0.3, 0.4) is 0 Å². The van der Waals surface area contributed by atoms with Crippen molar-refractivity contribution in [2.24, 2.45) is 5.73 Å². The van der Waals surface area contributed by atoms with Gasteiger partial charge in [0.1, 0.15) is 11.4 Å². The largest absolute Gasteiger partial charge is 0.496 e. The summed E-state index contributed by atoms with van der Waals surface area (Å²) in [5, 5.41) is 11.6. The van der Waals surface area contributed by atoms with Crippen LogP contribution < -0.4 is 15.8 Å². The lowest BCUT2D eigenvalue weighted by molar-refractivity contribution is 0.0636. The number of benzene rings is 1. The third-order valence-corrected chi connectivity index (χ3v) is 2.65. The number of methoxy groups -OCH3 is 1. The second-order valence-electron chi connectivity index (χ2n) is 5.80. The number of amides is 1. The SMILES string of the molecule is COc1cc(NC(=O)OC(C)(C)C)ccc1CC(N)CO. The summed E-state index contributed by atoms with van der Waals surface area (Å²) in [6.45, 7) is 5.30. The molecule has 0 aliphatic rings. The van der Waals surface area contributed by atoms with Crippen LogP contribution in [-0.4, -0.2) is 36.6 Å². The van der Waals surface area contributed by atoms with Crippen LogP contribution in [0.4, 0.5) is 10.5 Å². The van der Waals surface area contributed by atoms with E-state index in [0.717, 1.165) is 5.56 Å². The highest BCUT2D eigenvalue weighted by atomic mass is 16.6. The maximum atomic E-state index is 11.7. The number of carbonyl (C=O) groups is 1. The zero-order chi connectivity index (χ0) is 16.0. The fourth-order valence-electron chi connectivity index (χ4n) is 1.76. The van der Waals surface area contributed by atoms with Crippen LogP contribution in [0.25, 0.3) is 0 Å². The predicted octanol–water partition coefficient (Wildman–Crippen LogP) is 1.90. The first-order valence-electron chi connectivity index (χ1n) is 6.78. The van der Waals surface area contributed by atoms with Crippen LogP contribution in [0.1, 0.15) is 26.3 Å². The smallest absolute Gasteiger partial charge is 0.412 e. The van der Waals surface area contributed by atoms with Crippen LogP contribution >= 0.6 is 0 Å². The van der Waals surface area contributed by atoms with E-state index in [1.807, 2.05) is 0 Å². The number of aliphatic hydroxyl groups excluding tert-OH is 1. The number of nitrogens with two attached hydrogens (primary N) is 1. The van der Waals surface area contributed by atoms with Gasteiger partial charge < -0.3 is 20.3 Å². The fourth-order valence-corrected chi connectivity index (χ4v) is 1.76. The molecule has 0 spiro atoms. The highest BCUT2D eigenvalue weighted by molar-refractivity contribution is 5.85. The van der Waals surface area contributed by atoms with Gasteiger partial charge in [0.2, 0.25) is 0 Å². The molecule has 0 radical (unpaired) electrons. The zero-order valence-corrected chi connectivity index (χ0v) is 13.0. The molecule has 6 heteroatoms. The van der Waals surface area contributed by atoms with E-state index >= 15 is 0 Å². The Morgan fingerprint density at radius 2 is 2.10 bits per heavy atom. The van der Waals surface area contributed by atoms with Crippen molar-refractivity contribution in [3.63, 3.8) is 0 Å². The van der Waals surface area contributed by atoms with Crippen LogP contribution in [0.2, 0.25) is 0 Å². The van der Waals surface area contributed by atoms with E-state index in [0.29, 0.717) is 17.9 Å². The minimum atomic E-state index is -0.554. The normalized spacial score (nSPS) is 12.7. The molecule has 0 saturated heterocycles. The predicted molar refractivity (Wildman–Crippen MR) is 81.6 cm³/mol. The van der Waals surface area contributed by atoms with Crippen molar-refractivity contribution >= 4 is 11.8 Å². The highest BCUT2D eigenvalue weighted by Crippen LogP contribution is 2.24. The summed E-state index contributed by atoms with van der Waals surface area (Å²) in [6.07, 6.45) is -0.0313. The van der Waals surface area contributed by atoms with Crippen LogP contribution in [0.5, 0.6) is 5.75 Å². The lowest BCUT2D eigenvalue weighted by Gasteiger charge is -2.20. The van der Waals surface area contributed by atoms with Gasteiger partial charge in [-0.2, -0.15) is 0 Å². The Balaban J connectivity index is 2.80. The Labute approximate surface area is 125 Å². The number of hydrogen-bond acceptors (Lipinski definition) is 5. The first-order valence-corrected chi connectivity index (χ1v) is 6.78.